The number of nitrogens with one attached hydrogen (secondary N) is 1. The van der Waals surface area contributed by atoms with E-state index in [1.807, 2.05) is 48.7 Å². The minimum absolute atomic E-state index is 0.162. The fourth-order valence-corrected chi connectivity index (χ4v) is 2.98. The summed E-state index contributed by atoms with van der Waals surface area (Å²) in [6.07, 6.45) is 3.79. The lowest BCUT2D eigenvalue weighted by Gasteiger charge is -2.12. The molecule has 1 aromatic carbocycles. The SMILES string of the molecule is N#Cc1cccc(C2=CNSC2c2ccccn2)c1. The highest BCUT2D eigenvalue weighted by molar-refractivity contribution is 7.98. The minimum Gasteiger partial charge on any atom is -0.335 e. The number of rotatable bonds is 2. The van der Waals surface area contributed by atoms with Crippen LogP contribution in [0.4, 0.5) is 0 Å². The molecule has 0 bridgehead atoms. The predicted molar refractivity (Wildman–Crippen MR) is 76.8 cm³/mol. The molecule has 0 radical (unpaired) electrons. The molecule has 1 aromatic heterocycles. The maximum absolute atomic E-state index is 8.99. The Bertz CT molecular complexity index is 659. The lowest BCUT2D eigenvalue weighted by atomic mass is 9.99. The van der Waals surface area contributed by atoms with Crippen LogP contribution in [0.15, 0.2) is 54.9 Å². The summed E-state index contributed by atoms with van der Waals surface area (Å²) in [7, 11) is 0. The first kappa shape index (κ1) is 11.8. The van der Waals surface area contributed by atoms with Crippen LogP contribution in [0.3, 0.4) is 0 Å². The molecule has 1 aliphatic rings. The van der Waals surface area contributed by atoms with E-state index in [0.29, 0.717) is 5.56 Å². The van der Waals surface area contributed by atoms with Gasteiger partial charge in [-0.25, -0.2) is 0 Å². The van der Waals surface area contributed by atoms with Crippen molar-refractivity contribution in [3.63, 3.8) is 0 Å². The summed E-state index contributed by atoms with van der Waals surface area (Å²) >= 11 is 1.62. The normalized spacial score (nSPS) is 17.4. The number of aromatic nitrogens is 1. The zero-order valence-electron chi connectivity index (χ0n) is 10.1. The molecule has 2 heterocycles. The largest absolute Gasteiger partial charge is 0.335 e. The number of hydrogen-bond acceptors (Lipinski definition) is 4. The second-order valence-electron chi connectivity index (χ2n) is 4.16. The van der Waals surface area contributed by atoms with Gasteiger partial charge in [0.15, 0.2) is 0 Å². The van der Waals surface area contributed by atoms with Gasteiger partial charge in [-0.2, -0.15) is 5.26 Å². The summed E-state index contributed by atoms with van der Waals surface area (Å²) in [5.74, 6) is 0. The van der Waals surface area contributed by atoms with Gasteiger partial charge in [0.2, 0.25) is 0 Å². The summed E-state index contributed by atoms with van der Waals surface area (Å²) in [5, 5.41) is 9.15. The Morgan fingerprint density at radius 1 is 1.21 bits per heavy atom. The van der Waals surface area contributed by atoms with Crippen molar-refractivity contribution in [3.8, 4) is 6.07 Å². The van der Waals surface area contributed by atoms with Crippen LogP contribution in [0.2, 0.25) is 0 Å². The van der Waals surface area contributed by atoms with Gasteiger partial charge in [0.25, 0.3) is 0 Å². The van der Waals surface area contributed by atoms with E-state index < -0.39 is 0 Å². The average molecular weight is 265 g/mol. The van der Waals surface area contributed by atoms with E-state index in [2.05, 4.69) is 15.8 Å². The Labute approximate surface area is 116 Å². The topological polar surface area (TPSA) is 48.7 Å². The van der Waals surface area contributed by atoms with Gasteiger partial charge in [-0.3, -0.25) is 4.98 Å². The molecule has 92 valence electrons. The molecule has 2 aromatic rings. The second-order valence-corrected chi connectivity index (χ2v) is 5.11. The van der Waals surface area contributed by atoms with Gasteiger partial charge in [0.05, 0.1) is 22.6 Å². The molecule has 0 amide bonds. The predicted octanol–water partition coefficient (Wildman–Crippen LogP) is 3.29. The number of benzene rings is 1. The van der Waals surface area contributed by atoms with Crippen LogP contribution < -0.4 is 4.72 Å². The fourth-order valence-electron chi connectivity index (χ4n) is 2.06. The lowest BCUT2D eigenvalue weighted by Crippen LogP contribution is -1.98. The Morgan fingerprint density at radius 2 is 2.16 bits per heavy atom. The smallest absolute Gasteiger partial charge is 0.0991 e. The highest BCUT2D eigenvalue weighted by atomic mass is 32.2. The molecule has 19 heavy (non-hydrogen) atoms. The van der Waals surface area contributed by atoms with Crippen molar-refractivity contribution in [1.29, 1.82) is 5.26 Å². The van der Waals surface area contributed by atoms with E-state index >= 15 is 0 Å². The molecule has 0 saturated carbocycles. The molecule has 4 heteroatoms. The second kappa shape index (κ2) is 5.17. The van der Waals surface area contributed by atoms with E-state index in [-0.39, 0.29) is 5.25 Å². The van der Waals surface area contributed by atoms with Crippen molar-refractivity contribution in [2.24, 2.45) is 0 Å². The Kier molecular flexibility index (Phi) is 3.21. The molecule has 3 rings (SSSR count). The van der Waals surface area contributed by atoms with Crippen LogP contribution in [0.5, 0.6) is 0 Å². The quantitative estimate of drug-likeness (QED) is 0.846. The Balaban J connectivity index is 1.98. The number of nitriles is 1. The molecule has 1 aliphatic heterocycles. The molecule has 1 atom stereocenters. The highest BCUT2D eigenvalue weighted by Gasteiger charge is 2.24. The molecule has 0 spiro atoms. The summed E-state index contributed by atoms with van der Waals surface area (Å²) < 4.78 is 3.19. The van der Waals surface area contributed by atoms with Crippen LogP contribution in [0.1, 0.15) is 22.1 Å². The maximum Gasteiger partial charge on any atom is 0.0991 e. The summed E-state index contributed by atoms with van der Waals surface area (Å²) in [4.78, 5) is 4.41. The molecule has 3 nitrogen and oxygen atoms in total. The average Bonchev–Trinajstić information content (AvgIpc) is 2.98. The monoisotopic (exact) mass is 265 g/mol. The van der Waals surface area contributed by atoms with E-state index in [1.165, 1.54) is 0 Å². The van der Waals surface area contributed by atoms with Crippen molar-refractivity contribution in [3.05, 3.63) is 71.7 Å². The zero-order valence-corrected chi connectivity index (χ0v) is 10.9. The standard InChI is InChI=1S/C15H11N3S/c16-9-11-4-3-5-12(8-11)13-10-18-19-15(13)14-6-1-2-7-17-14/h1-8,10,15,18H. The van der Waals surface area contributed by atoms with Crippen molar-refractivity contribution in [2.75, 3.05) is 0 Å². The summed E-state index contributed by atoms with van der Waals surface area (Å²) in [5.41, 5.74) is 3.91. The number of hydrogen-bond donors (Lipinski definition) is 1. The van der Waals surface area contributed by atoms with Crippen molar-refractivity contribution < 1.29 is 0 Å². The van der Waals surface area contributed by atoms with E-state index in [0.717, 1.165) is 16.8 Å². The third kappa shape index (κ3) is 2.33. The number of nitrogens with zero attached hydrogens (tertiary/aromatic N) is 2. The van der Waals surface area contributed by atoms with E-state index in [9.17, 15) is 0 Å². The third-order valence-electron chi connectivity index (χ3n) is 2.96. The molecule has 1 N–H and O–H groups in total. The lowest BCUT2D eigenvalue weighted by molar-refractivity contribution is 1.11. The molecule has 0 aliphatic carbocycles. The van der Waals surface area contributed by atoms with Gasteiger partial charge in [-0.1, -0.05) is 18.2 Å². The van der Waals surface area contributed by atoms with E-state index in [1.54, 1.807) is 18.1 Å². The van der Waals surface area contributed by atoms with Crippen LogP contribution in [0.25, 0.3) is 5.57 Å². The fraction of sp³-hybridized carbons (Fsp3) is 0.0667. The molecular weight excluding hydrogens is 254 g/mol. The maximum atomic E-state index is 8.99. The summed E-state index contributed by atoms with van der Waals surface area (Å²) in [6, 6.07) is 15.8. The van der Waals surface area contributed by atoms with E-state index in [4.69, 9.17) is 5.26 Å². The molecule has 1 unspecified atom stereocenters. The van der Waals surface area contributed by atoms with Gasteiger partial charge in [-0.15, -0.1) is 0 Å². The van der Waals surface area contributed by atoms with Gasteiger partial charge in [0.1, 0.15) is 0 Å². The molecule has 0 saturated heterocycles. The first-order valence-corrected chi connectivity index (χ1v) is 6.79. The molecular formula is C15H11N3S. The van der Waals surface area contributed by atoms with Gasteiger partial charge < -0.3 is 4.72 Å². The van der Waals surface area contributed by atoms with Gasteiger partial charge >= 0.3 is 0 Å². The first-order chi connectivity index (χ1) is 9.38. The first-order valence-electron chi connectivity index (χ1n) is 5.91. The highest BCUT2D eigenvalue weighted by Crippen LogP contribution is 2.42. The van der Waals surface area contributed by atoms with Crippen molar-refractivity contribution >= 4 is 17.5 Å². The zero-order chi connectivity index (χ0) is 13.1. The van der Waals surface area contributed by atoms with Crippen molar-refractivity contribution in [2.45, 2.75) is 5.25 Å². The van der Waals surface area contributed by atoms with Crippen LogP contribution in [-0.4, -0.2) is 4.98 Å². The Hall–Kier alpha value is -2.25. The molecule has 0 fully saturated rings. The third-order valence-corrected chi connectivity index (χ3v) is 3.95. The van der Waals surface area contributed by atoms with Crippen LogP contribution in [-0.2, 0) is 0 Å². The summed E-state index contributed by atoms with van der Waals surface area (Å²) in [6.45, 7) is 0. The van der Waals surface area contributed by atoms with Gasteiger partial charge in [-0.05, 0) is 47.3 Å². The van der Waals surface area contributed by atoms with Crippen LogP contribution in [0, 0.1) is 11.3 Å². The van der Waals surface area contributed by atoms with Crippen LogP contribution >= 0.6 is 11.9 Å². The van der Waals surface area contributed by atoms with Crippen molar-refractivity contribution in [1.82, 2.24) is 9.71 Å². The number of pyridine rings is 1. The minimum atomic E-state index is 0.162. The Morgan fingerprint density at radius 3 is 2.95 bits per heavy atom. The van der Waals surface area contributed by atoms with Gasteiger partial charge in [0, 0.05) is 12.4 Å².